The van der Waals surface area contributed by atoms with Gasteiger partial charge < -0.3 is 15.1 Å². The second-order valence-electron chi connectivity index (χ2n) is 9.64. The number of carbonyl (C=O) groups is 3. The minimum absolute atomic E-state index is 0.0688. The van der Waals surface area contributed by atoms with Crippen LogP contribution in [0.15, 0.2) is 42.5 Å². The van der Waals surface area contributed by atoms with E-state index in [0.29, 0.717) is 35.9 Å². The monoisotopic (exact) mass is 476 g/mol. The van der Waals surface area contributed by atoms with Crippen LogP contribution in [0.25, 0.3) is 0 Å². The Bertz CT molecular complexity index is 1090. The molecule has 0 spiro atoms. The molecule has 0 radical (unpaired) electrons. The van der Waals surface area contributed by atoms with E-state index in [4.69, 9.17) is 0 Å². The topological polar surface area (TPSA) is 73.0 Å². The molecular formula is C28H36N4O3. The lowest BCUT2D eigenvalue weighted by molar-refractivity contribution is -0.123. The van der Waals surface area contributed by atoms with E-state index >= 15 is 0 Å². The number of carbonyl (C=O) groups excluding carboxylic acids is 3. The van der Waals surface area contributed by atoms with Gasteiger partial charge in [-0.15, -0.1) is 0 Å². The number of hydrogen-bond donors (Lipinski definition) is 1. The highest BCUT2D eigenvalue weighted by Gasteiger charge is 2.40. The van der Waals surface area contributed by atoms with Gasteiger partial charge in [0.15, 0.2) is 0 Å². The van der Waals surface area contributed by atoms with Crippen molar-refractivity contribution in [3.63, 3.8) is 0 Å². The molecule has 2 heterocycles. The molecule has 35 heavy (non-hydrogen) atoms. The summed E-state index contributed by atoms with van der Waals surface area (Å²) in [5.74, 6) is 0.0100. The second-order valence-corrected chi connectivity index (χ2v) is 9.64. The Kier molecular flexibility index (Phi) is 7.43. The fourth-order valence-corrected chi connectivity index (χ4v) is 5.04. The molecule has 1 N–H and O–H groups in total. The number of nitrogens with zero attached hydrogens (tertiary/aromatic N) is 3. The second kappa shape index (κ2) is 10.5. The SMILES string of the molecule is CCN(CC)C(=O)c1ccc2c(c1)N(CC(=O)Nc1ccc(C(C)C)cc1)C(=O)[C@H]1CCCCN21. The number of hydrogen-bond acceptors (Lipinski definition) is 4. The summed E-state index contributed by atoms with van der Waals surface area (Å²) in [6, 6.07) is 13.1. The number of anilines is 3. The summed E-state index contributed by atoms with van der Waals surface area (Å²) >= 11 is 0. The molecule has 0 unspecified atom stereocenters. The third-order valence-corrected chi connectivity index (χ3v) is 7.09. The van der Waals surface area contributed by atoms with Crippen LogP contribution in [0, 0.1) is 0 Å². The van der Waals surface area contributed by atoms with Crippen molar-refractivity contribution in [1.82, 2.24) is 4.90 Å². The minimum Gasteiger partial charge on any atom is -0.358 e. The predicted molar refractivity (Wildman–Crippen MR) is 140 cm³/mol. The number of fused-ring (bicyclic) bond motifs is 3. The van der Waals surface area contributed by atoms with Crippen LogP contribution in [0.2, 0.25) is 0 Å². The molecule has 7 nitrogen and oxygen atoms in total. The molecule has 0 aromatic heterocycles. The Morgan fingerprint density at radius 1 is 1.03 bits per heavy atom. The van der Waals surface area contributed by atoms with Gasteiger partial charge in [-0.25, -0.2) is 0 Å². The van der Waals surface area contributed by atoms with Gasteiger partial charge in [0, 0.05) is 30.9 Å². The molecule has 1 atom stereocenters. The highest BCUT2D eigenvalue weighted by molar-refractivity contribution is 6.11. The molecule has 2 aliphatic heterocycles. The number of amides is 3. The van der Waals surface area contributed by atoms with E-state index in [-0.39, 0.29) is 30.3 Å². The average molecular weight is 477 g/mol. The van der Waals surface area contributed by atoms with Gasteiger partial charge in [0.2, 0.25) is 11.8 Å². The Morgan fingerprint density at radius 3 is 2.40 bits per heavy atom. The van der Waals surface area contributed by atoms with Gasteiger partial charge in [0.05, 0.1) is 11.4 Å². The molecule has 0 saturated carbocycles. The zero-order valence-electron chi connectivity index (χ0n) is 21.2. The minimum atomic E-state index is -0.265. The largest absolute Gasteiger partial charge is 0.358 e. The molecule has 2 aromatic carbocycles. The first-order valence-electron chi connectivity index (χ1n) is 12.7. The summed E-state index contributed by atoms with van der Waals surface area (Å²) in [7, 11) is 0. The maximum Gasteiger partial charge on any atom is 0.253 e. The molecule has 2 aliphatic rings. The molecule has 1 fully saturated rings. The van der Waals surface area contributed by atoms with Crippen LogP contribution in [-0.4, -0.2) is 54.8 Å². The zero-order chi connectivity index (χ0) is 25.1. The Balaban J connectivity index is 1.62. The van der Waals surface area contributed by atoms with E-state index in [2.05, 4.69) is 24.1 Å². The number of nitrogens with one attached hydrogen (secondary N) is 1. The summed E-state index contributed by atoms with van der Waals surface area (Å²) in [6.45, 7) is 10.1. The highest BCUT2D eigenvalue weighted by atomic mass is 16.2. The van der Waals surface area contributed by atoms with Crippen LogP contribution < -0.4 is 15.1 Å². The summed E-state index contributed by atoms with van der Waals surface area (Å²) in [5.41, 5.74) is 3.99. The molecule has 7 heteroatoms. The van der Waals surface area contributed by atoms with E-state index in [1.165, 1.54) is 5.56 Å². The van der Waals surface area contributed by atoms with E-state index in [0.717, 1.165) is 31.5 Å². The van der Waals surface area contributed by atoms with Gasteiger partial charge in [0.25, 0.3) is 5.91 Å². The van der Waals surface area contributed by atoms with Crippen LogP contribution in [0.3, 0.4) is 0 Å². The summed E-state index contributed by atoms with van der Waals surface area (Å²) in [5, 5.41) is 2.93. The van der Waals surface area contributed by atoms with E-state index in [1.807, 2.05) is 50.2 Å². The van der Waals surface area contributed by atoms with Gasteiger partial charge in [-0.2, -0.15) is 0 Å². The quantitative estimate of drug-likeness (QED) is 0.632. The standard InChI is InChI=1S/C28H36N4O3/c1-5-30(6-2)27(34)21-12-15-23-25(17-21)32(28(35)24-9-7-8-16-31(23)24)18-26(33)29-22-13-10-20(11-14-22)19(3)4/h10-15,17,19,24H,5-9,16,18H2,1-4H3,(H,29,33)/t24-/m1/s1. The number of piperidine rings is 1. The first kappa shape index (κ1) is 24.8. The van der Waals surface area contributed by atoms with Gasteiger partial charge >= 0.3 is 0 Å². The van der Waals surface area contributed by atoms with Crippen LogP contribution in [0.4, 0.5) is 17.1 Å². The van der Waals surface area contributed by atoms with Gasteiger partial charge in [-0.3, -0.25) is 19.3 Å². The Hall–Kier alpha value is -3.35. The number of rotatable bonds is 7. The Morgan fingerprint density at radius 2 is 1.74 bits per heavy atom. The molecule has 0 bridgehead atoms. The summed E-state index contributed by atoms with van der Waals surface area (Å²) in [6.07, 6.45) is 2.78. The molecule has 3 amide bonds. The van der Waals surface area contributed by atoms with Crippen molar-refractivity contribution in [3.8, 4) is 0 Å². The normalized spacial score (nSPS) is 17.2. The lowest BCUT2D eigenvalue weighted by atomic mass is 9.95. The van der Waals surface area contributed by atoms with E-state index in [9.17, 15) is 14.4 Å². The van der Waals surface area contributed by atoms with Crippen molar-refractivity contribution < 1.29 is 14.4 Å². The first-order chi connectivity index (χ1) is 16.8. The highest BCUT2D eigenvalue weighted by Crippen LogP contribution is 2.40. The fraction of sp³-hybridized carbons (Fsp3) is 0.464. The average Bonchev–Trinajstić information content (AvgIpc) is 2.87. The summed E-state index contributed by atoms with van der Waals surface area (Å²) in [4.78, 5) is 45.1. The molecule has 4 rings (SSSR count). The first-order valence-corrected chi connectivity index (χ1v) is 12.7. The van der Waals surface area contributed by atoms with E-state index < -0.39 is 0 Å². The lowest BCUT2D eigenvalue weighted by Crippen LogP contribution is -2.56. The van der Waals surface area contributed by atoms with E-state index in [1.54, 1.807) is 15.9 Å². The van der Waals surface area contributed by atoms with Crippen LogP contribution >= 0.6 is 0 Å². The van der Waals surface area contributed by atoms with Crippen molar-refractivity contribution in [2.45, 2.75) is 58.9 Å². The fourth-order valence-electron chi connectivity index (χ4n) is 5.04. The zero-order valence-corrected chi connectivity index (χ0v) is 21.2. The van der Waals surface area contributed by atoms with Crippen molar-refractivity contribution in [1.29, 1.82) is 0 Å². The third-order valence-electron chi connectivity index (χ3n) is 7.09. The van der Waals surface area contributed by atoms with Crippen LogP contribution in [0.1, 0.15) is 68.8 Å². The van der Waals surface area contributed by atoms with Gasteiger partial charge in [-0.1, -0.05) is 26.0 Å². The molecule has 186 valence electrons. The van der Waals surface area contributed by atoms with Crippen LogP contribution in [0.5, 0.6) is 0 Å². The molecule has 1 saturated heterocycles. The third kappa shape index (κ3) is 5.04. The van der Waals surface area contributed by atoms with Gasteiger partial charge in [-0.05, 0) is 74.9 Å². The summed E-state index contributed by atoms with van der Waals surface area (Å²) < 4.78 is 0. The maximum absolute atomic E-state index is 13.6. The smallest absolute Gasteiger partial charge is 0.253 e. The molecule has 2 aromatic rings. The molecular weight excluding hydrogens is 440 g/mol. The lowest BCUT2D eigenvalue weighted by Gasteiger charge is -2.45. The predicted octanol–water partition coefficient (Wildman–Crippen LogP) is 4.64. The number of benzene rings is 2. The molecule has 0 aliphatic carbocycles. The Labute approximate surface area is 208 Å². The van der Waals surface area contributed by atoms with Crippen molar-refractivity contribution in [2.24, 2.45) is 0 Å². The van der Waals surface area contributed by atoms with Crippen molar-refractivity contribution >= 4 is 34.8 Å². The van der Waals surface area contributed by atoms with Crippen molar-refractivity contribution in [2.75, 3.05) is 41.3 Å². The maximum atomic E-state index is 13.6. The van der Waals surface area contributed by atoms with Crippen molar-refractivity contribution in [3.05, 3.63) is 53.6 Å². The van der Waals surface area contributed by atoms with Crippen LogP contribution in [-0.2, 0) is 9.59 Å². The van der Waals surface area contributed by atoms with Gasteiger partial charge in [0.1, 0.15) is 12.6 Å².